The van der Waals surface area contributed by atoms with Crippen LogP contribution in [0.15, 0.2) is 58.0 Å². The third-order valence-electron chi connectivity index (χ3n) is 2.56. The van der Waals surface area contributed by atoms with Crippen LogP contribution in [-0.4, -0.2) is 9.51 Å². The van der Waals surface area contributed by atoms with Crippen molar-refractivity contribution in [2.45, 2.75) is 0 Å². The number of hydrogen-bond acceptors (Lipinski definition) is 3. The van der Waals surface area contributed by atoms with E-state index in [2.05, 4.69) is 0 Å². The molecule has 0 unspecified atom stereocenters. The lowest BCUT2D eigenvalue weighted by molar-refractivity contribution is 0.476. The minimum absolute atomic E-state index is 0.0440. The van der Waals surface area contributed by atoms with E-state index in [4.69, 9.17) is 4.42 Å². The summed E-state index contributed by atoms with van der Waals surface area (Å²) >= 11 is 0. The average molecular weight is 227 g/mol. The molecule has 0 atom stereocenters. The van der Waals surface area contributed by atoms with E-state index in [0.717, 1.165) is 5.56 Å². The SMILES string of the molecule is O=c1oc(-c2ccccc2)cn2cc(O)cc12. The number of benzene rings is 1. The van der Waals surface area contributed by atoms with Gasteiger partial charge < -0.3 is 13.9 Å². The van der Waals surface area contributed by atoms with Gasteiger partial charge in [0.05, 0.1) is 12.4 Å². The number of aromatic hydroxyl groups is 1. The molecule has 1 aromatic carbocycles. The summed E-state index contributed by atoms with van der Waals surface area (Å²) in [6.07, 6.45) is 3.14. The number of rotatable bonds is 1. The highest BCUT2D eigenvalue weighted by Crippen LogP contribution is 2.20. The molecule has 3 rings (SSSR count). The molecule has 4 heteroatoms. The third-order valence-corrected chi connectivity index (χ3v) is 2.56. The molecular formula is C13H9NO3. The zero-order chi connectivity index (χ0) is 11.8. The Morgan fingerprint density at radius 3 is 2.65 bits per heavy atom. The second-order valence-electron chi connectivity index (χ2n) is 3.74. The van der Waals surface area contributed by atoms with E-state index < -0.39 is 5.63 Å². The predicted molar refractivity (Wildman–Crippen MR) is 63.0 cm³/mol. The molecule has 0 saturated carbocycles. The van der Waals surface area contributed by atoms with Gasteiger partial charge in [0, 0.05) is 11.6 Å². The Balaban J connectivity index is 2.29. The molecule has 0 fully saturated rings. The summed E-state index contributed by atoms with van der Waals surface area (Å²) < 4.78 is 6.76. The van der Waals surface area contributed by atoms with Gasteiger partial charge in [-0.05, 0) is 0 Å². The Labute approximate surface area is 96.4 Å². The standard InChI is InChI=1S/C13H9NO3/c15-10-6-11-13(16)17-12(8-14(11)7-10)9-4-2-1-3-5-9/h1-8,15H. The van der Waals surface area contributed by atoms with Crippen LogP contribution < -0.4 is 5.63 Å². The lowest BCUT2D eigenvalue weighted by Gasteiger charge is -2.00. The third kappa shape index (κ3) is 1.59. The molecule has 0 spiro atoms. The smallest absolute Gasteiger partial charge is 0.360 e. The van der Waals surface area contributed by atoms with E-state index >= 15 is 0 Å². The van der Waals surface area contributed by atoms with Crippen molar-refractivity contribution in [3.8, 4) is 17.1 Å². The lowest BCUT2D eigenvalue weighted by atomic mass is 10.2. The van der Waals surface area contributed by atoms with Crippen molar-refractivity contribution in [1.82, 2.24) is 4.40 Å². The van der Waals surface area contributed by atoms with Gasteiger partial charge in [0.1, 0.15) is 11.3 Å². The normalized spacial score (nSPS) is 10.8. The largest absolute Gasteiger partial charge is 0.506 e. The molecule has 0 saturated heterocycles. The van der Waals surface area contributed by atoms with Crippen LogP contribution in [0, 0.1) is 0 Å². The Kier molecular flexibility index (Phi) is 2.01. The van der Waals surface area contributed by atoms with E-state index in [1.165, 1.54) is 12.3 Å². The van der Waals surface area contributed by atoms with Gasteiger partial charge in [-0.25, -0.2) is 4.79 Å². The van der Waals surface area contributed by atoms with Crippen LogP contribution in [0.25, 0.3) is 16.8 Å². The lowest BCUT2D eigenvalue weighted by Crippen LogP contribution is -2.03. The first kappa shape index (κ1) is 9.72. The predicted octanol–water partition coefficient (Wildman–Crippen LogP) is 2.27. The van der Waals surface area contributed by atoms with E-state index in [9.17, 15) is 9.90 Å². The zero-order valence-corrected chi connectivity index (χ0v) is 8.83. The van der Waals surface area contributed by atoms with E-state index in [1.54, 1.807) is 10.6 Å². The average Bonchev–Trinajstić information content (AvgIpc) is 2.71. The molecule has 0 bridgehead atoms. The van der Waals surface area contributed by atoms with Gasteiger partial charge >= 0.3 is 5.63 Å². The van der Waals surface area contributed by atoms with Gasteiger partial charge in [0.25, 0.3) is 0 Å². The Morgan fingerprint density at radius 2 is 1.88 bits per heavy atom. The molecule has 0 radical (unpaired) electrons. The number of fused-ring (bicyclic) bond motifs is 1. The highest BCUT2D eigenvalue weighted by Gasteiger charge is 2.07. The van der Waals surface area contributed by atoms with Crippen LogP contribution in [-0.2, 0) is 0 Å². The first-order valence-corrected chi connectivity index (χ1v) is 5.14. The van der Waals surface area contributed by atoms with Gasteiger partial charge in [-0.3, -0.25) is 0 Å². The summed E-state index contributed by atoms with van der Waals surface area (Å²) in [5.74, 6) is 0.515. The summed E-state index contributed by atoms with van der Waals surface area (Å²) in [5, 5.41) is 9.34. The monoisotopic (exact) mass is 227 g/mol. The maximum absolute atomic E-state index is 11.7. The molecule has 2 aromatic heterocycles. The van der Waals surface area contributed by atoms with Crippen molar-refractivity contribution in [3.05, 3.63) is 59.2 Å². The molecule has 4 nitrogen and oxygen atoms in total. The van der Waals surface area contributed by atoms with Crippen molar-refractivity contribution in [1.29, 1.82) is 0 Å². The van der Waals surface area contributed by atoms with Crippen LogP contribution in [0.3, 0.4) is 0 Å². The quantitative estimate of drug-likeness (QED) is 0.693. The van der Waals surface area contributed by atoms with Crippen molar-refractivity contribution < 1.29 is 9.52 Å². The fourth-order valence-corrected chi connectivity index (χ4v) is 1.78. The topological polar surface area (TPSA) is 54.9 Å². The van der Waals surface area contributed by atoms with Gasteiger partial charge in [-0.15, -0.1) is 0 Å². The number of hydrogen-bond donors (Lipinski definition) is 1. The van der Waals surface area contributed by atoms with Crippen molar-refractivity contribution in [3.63, 3.8) is 0 Å². The van der Waals surface area contributed by atoms with Crippen LogP contribution in [0.4, 0.5) is 0 Å². The second-order valence-corrected chi connectivity index (χ2v) is 3.74. The van der Waals surface area contributed by atoms with Gasteiger partial charge in [0.2, 0.25) is 0 Å². The minimum Gasteiger partial charge on any atom is -0.506 e. The van der Waals surface area contributed by atoms with Gasteiger partial charge in [-0.2, -0.15) is 0 Å². The summed E-state index contributed by atoms with van der Waals surface area (Å²) in [7, 11) is 0. The maximum atomic E-state index is 11.7. The molecular weight excluding hydrogens is 218 g/mol. The zero-order valence-electron chi connectivity index (χ0n) is 8.83. The van der Waals surface area contributed by atoms with Crippen molar-refractivity contribution >= 4 is 5.52 Å². The fourth-order valence-electron chi connectivity index (χ4n) is 1.78. The summed E-state index contributed by atoms with van der Waals surface area (Å²) in [4.78, 5) is 11.7. The Bertz CT molecular complexity index is 725. The summed E-state index contributed by atoms with van der Waals surface area (Å²) in [5.41, 5.74) is 0.675. The van der Waals surface area contributed by atoms with Crippen molar-refractivity contribution in [2.24, 2.45) is 0 Å². The molecule has 0 amide bonds. The molecule has 0 aliphatic carbocycles. The molecule has 84 valence electrons. The first-order valence-electron chi connectivity index (χ1n) is 5.14. The van der Waals surface area contributed by atoms with Crippen molar-refractivity contribution in [2.75, 3.05) is 0 Å². The van der Waals surface area contributed by atoms with E-state index in [1.807, 2.05) is 30.3 Å². The highest BCUT2D eigenvalue weighted by molar-refractivity contribution is 5.59. The summed E-state index contributed by atoms with van der Waals surface area (Å²) in [6, 6.07) is 10.7. The first-order chi connectivity index (χ1) is 8.24. The Hall–Kier alpha value is -2.49. The van der Waals surface area contributed by atoms with Gasteiger partial charge in [-0.1, -0.05) is 30.3 Å². The van der Waals surface area contributed by atoms with Crippen LogP contribution in [0.5, 0.6) is 5.75 Å². The number of nitrogens with zero attached hydrogens (tertiary/aromatic N) is 1. The number of aromatic nitrogens is 1. The van der Waals surface area contributed by atoms with Crippen LogP contribution >= 0.6 is 0 Å². The summed E-state index contributed by atoms with van der Waals surface area (Å²) in [6.45, 7) is 0. The van der Waals surface area contributed by atoms with Crippen LogP contribution in [0.1, 0.15) is 0 Å². The molecule has 17 heavy (non-hydrogen) atoms. The second kappa shape index (κ2) is 3.52. The van der Waals surface area contributed by atoms with E-state index in [-0.39, 0.29) is 5.75 Å². The maximum Gasteiger partial charge on any atom is 0.360 e. The minimum atomic E-state index is -0.466. The fraction of sp³-hybridized carbons (Fsp3) is 0. The molecule has 0 aliphatic heterocycles. The molecule has 0 aliphatic rings. The Morgan fingerprint density at radius 1 is 1.12 bits per heavy atom. The highest BCUT2D eigenvalue weighted by atomic mass is 16.4. The van der Waals surface area contributed by atoms with Crippen LogP contribution in [0.2, 0.25) is 0 Å². The molecule has 3 aromatic rings. The molecule has 1 N–H and O–H groups in total. The molecule has 2 heterocycles. The van der Waals surface area contributed by atoms with Gasteiger partial charge in [0.15, 0.2) is 5.76 Å². The van der Waals surface area contributed by atoms with E-state index in [0.29, 0.717) is 11.3 Å².